The zero-order valence-electron chi connectivity index (χ0n) is 17.2. The Morgan fingerprint density at radius 3 is 2.58 bits per heavy atom. The van der Waals surface area contributed by atoms with Gasteiger partial charge in [-0.2, -0.15) is 17.6 Å². The minimum absolute atomic E-state index is 0.0612. The van der Waals surface area contributed by atoms with E-state index in [0.29, 0.717) is 22.3 Å². The van der Waals surface area contributed by atoms with E-state index in [9.17, 15) is 27.5 Å². The second-order valence-corrected chi connectivity index (χ2v) is 7.48. The van der Waals surface area contributed by atoms with Gasteiger partial charge in [-0.05, 0) is 42.3 Å². The van der Waals surface area contributed by atoms with Gasteiger partial charge in [-0.25, -0.2) is 9.67 Å². The number of aromatic nitrogens is 5. The van der Waals surface area contributed by atoms with Crippen LogP contribution in [-0.4, -0.2) is 41.6 Å². The van der Waals surface area contributed by atoms with E-state index in [2.05, 4.69) is 15.3 Å². The number of hydrogen-bond acceptors (Lipinski definition) is 5. The van der Waals surface area contributed by atoms with Crippen molar-refractivity contribution in [3.8, 4) is 11.3 Å². The van der Waals surface area contributed by atoms with Crippen molar-refractivity contribution in [2.45, 2.75) is 31.7 Å². The molecule has 3 N–H and O–H groups in total. The molecule has 0 aliphatic rings. The Bertz CT molecular complexity index is 1330. The quantitative estimate of drug-likeness (QED) is 0.338. The van der Waals surface area contributed by atoms with Crippen LogP contribution in [0.2, 0.25) is 0 Å². The Balaban J connectivity index is 1.70. The SMILES string of the molecule is CCC(O)(c1cn(Cc2ccn3c(-c4ccc(F)nc4)c(C(N)=O)cc3c2)nn1)C(F)(F)F. The molecule has 0 radical (unpaired) electrons. The third kappa shape index (κ3) is 3.93. The molecule has 12 heteroatoms. The first-order chi connectivity index (χ1) is 15.5. The fraction of sp³-hybridized carbons (Fsp3) is 0.238. The van der Waals surface area contributed by atoms with Gasteiger partial charge in [0.1, 0.15) is 5.69 Å². The van der Waals surface area contributed by atoms with E-state index in [1.165, 1.54) is 23.9 Å². The molecule has 0 aliphatic heterocycles. The Hall–Kier alpha value is -3.80. The average Bonchev–Trinajstić information content (AvgIpc) is 3.38. The molecule has 1 atom stereocenters. The lowest BCUT2D eigenvalue weighted by Gasteiger charge is -2.26. The van der Waals surface area contributed by atoms with E-state index in [-0.39, 0.29) is 12.1 Å². The normalized spacial score (nSPS) is 13.9. The maximum atomic E-state index is 13.3. The monoisotopic (exact) mass is 462 g/mol. The zero-order chi connectivity index (χ0) is 24.0. The number of primary amides is 1. The molecule has 0 aromatic carbocycles. The summed E-state index contributed by atoms with van der Waals surface area (Å²) in [4.78, 5) is 15.6. The van der Waals surface area contributed by atoms with Crippen molar-refractivity contribution in [1.82, 2.24) is 24.4 Å². The summed E-state index contributed by atoms with van der Waals surface area (Å²) >= 11 is 0. The van der Waals surface area contributed by atoms with Gasteiger partial charge in [0.15, 0.2) is 0 Å². The zero-order valence-corrected chi connectivity index (χ0v) is 17.2. The molecule has 0 saturated heterocycles. The molecule has 4 heterocycles. The predicted molar refractivity (Wildman–Crippen MR) is 108 cm³/mol. The number of hydrogen-bond donors (Lipinski definition) is 2. The summed E-state index contributed by atoms with van der Waals surface area (Å²) in [6, 6.07) is 7.56. The third-order valence-electron chi connectivity index (χ3n) is 5.39. The van der Waals surface area contributed by atoms with Crippen molar-refractivity contribution in [2.24, 2.45) is 5.73 Å². The van der Waals surface area contributed by atoms with Gasteiger partial charge in [-0.3, -0.25) is 4.79 Å². The number of fused-ring (bicyclic) bond motifs is 1. The molecule has 8 nitrogen and oxygen atoms in total. The Kier molecular flexibility index (Phi) is 5.40. The van der Waals surface area contributed by atoms with Crippen LogP contribution < -0.4 is 5.73 Å². The van der Waals surface area contributed by atoms with Crippen LogP contribution in [0.1, 0.15) is 35.0 Å². The second-order valence-electron chi connectivity index (χ2n) is 7.48. The molecule has 0 bridgehead atoms. The highest BCUT2D eigenvalue weighted by Gasteiger charge is 2.55. The smallest absolute Gasteiger partial charge is 0.375 e. The van der Waals surface area contributed by atoms with Crippen LogP contribution in [-0.2, 0) is 12.1 Å². The van der Waals surface area contributed by atoms with E-state index in [1.54, 1.807) is 28.8 Å². The third-order valence-corrected chi connectivity index (χ3v) is 5.39. The van der Waals surface area contributed by atoms with Crippen LogP contribution in [0.25, 0.3) is 16.8 Å². The van der Waals surface area contributed by atoms with E-state index >= 15 is 0 Å². The van der Waals surface area contributed by atoms with E-state index in [4.69, 9.17) is 5.73 Å². The largest absolute Gasteiger partial charge is 0.423 e. The molecule has 1 unspecified atom stereocenters. The van der Waals surface area contributed by atoms with Crippen LogP contribution in [0.4, 0.5) is 17.6 Å². The van der Waals surface area contributed by atoms with E-state index in [1.807, 2.05) is 0 Å². The van der Waals surface area contributed by atoms with E-state index in [0.717, 1.165) is 12.3 Å². The summed E-state index contributed by atoms with van der Waals surface area (Å²) in [5.74, 6) is -1.36. The predicted octanol–water partition coefficient (Wildman–Crippen LogP) is 3.04. The van der Waals surface area contributed by atoms with Crippen molar-refractivity contribution < 1.29 is 27.5 Å². The van der Waals surface area contributed by atoms with Gasteiger partial charge in [0, 0.05) is 23.5 Å². The Labute approximate surface area is 184 Å². The standard InChI is InChI=1S/C21H18F4N6O2/c1-2-20(33,21(23,24)25)16-11-30(29-28-16)10-12-5-6-31-14(7-12)8-15(19(26)32)18(31)13-3-4-17(22)27-9-13/h3-9,11,33H,2,10H2,1H3,(H2,26,32). The van der Waals surface area contributed by atoms with Crippen molar-refractivity contribution >= 4 is 11.4 Å². The summed E-state index contributed by atoms with van der Waals surface area (Å²) in [6.45, 7) is 1.27. The number of carbonyl (C=O) groups excluding carboxylic acids is 1. The number of amides is 1. The molecule has 0 spiro atoms. The number of nitrogens with two attached hydrogens (primary N) is 1. The number of pyridine rings is 2. The lowest BCUT2D eigenvalue weighted by atomic mass is 9.96. The van der Waals surface area contributed by atoms with Gasteiger partial charge in [-0.1, -0.05) is 12.1 Å². The fourth-order valence-electron chi connectivity index (χ4n) is 3.60. The van der Waals surface area contributed by atoms with Gasteiger partial charge in [0.2, 0.25) is 11.5 Å². The van der Waals surface area contributed by atoms with Crippen molar-refractivity contribution in [3.63, 3.8) is 0 Å². The average molecular weight is 462 g/mol. The van der Waals surface area contributed by atoms with Crippen molar-refractivity contribution in [3.05, 3.63) is 71.7 Å². The summed E-state index contributed by atoms with van der Waals surface area (Å²) in [5, 5.41) is 17.3. The molecule has 172 valence electrons. The summed E-state index contributed by atoms with van der Waals surface area (Å²) in [6.07, 6.45) is -1.54. The second kappa shape index (κ2) is 7.96. The number of rotatable bonds is 6. The highest BCUT2D eigenvalue weighted by molar-refractivity contribution is 6.01. The van der Waals surface area contributed by atoms with Gasteiger partial charge < -0.3 is 15.2 Å². The van der Waals surface area contributed by atoms with Gasteiger partial charge in [0.05, 0.1) is 24.0 Å². The topological polar surface area (TPSA) is 111 Å². The molecule has 1 amide bonds. The van der Waals surface area contributed by atoms with Crippen LogP contribution >= 0.6 is 0 Å². The summed E-state index contributed by atoms with van der Waals surface area (Å²) < 4.78 is 55.9. The van der Waals surface area contributed by atoms with Gasteiger partial charge in [0.25, 0.3) is 5.91 Å². The van der Waals surface area contributed by atoms with Crippen LogP contribution in [0.15, 0.2) is 48.9 Å². The van der Waals surface area contributed by atoms with Crippen molar-refractivity contribution in [1.29, 1.82) is 0 Å². The van der Waals surface area contributed by atoms with Crippen LogP contribution in [0.5, 0.6) is 0 Å². The van der Waals surface area contributed by atoms with Crippen LogP contribution in [0, 0.1) is 5.95 Å². The molecule has 4 aromatic rings. The number of aliphatic hydroxyl groups is 1. The van der Waals surface area contributed by atoms with Crippen molar-refractivity contribution in [2.75, 3.05) is 0 Å². The first-order valence-corrected chi connectivity index (χ1v) is 9.79. The molecular formula is C21H18F4N6O2. The molecule has 0 aliphatic carbocycles. The van der Waals surface area contributed by atoms with Crippen LogP contribution in [0.3, 0.4) is 0 Å². The number of nitrogens with zero attached hydrogens (tertiary/aromatic N) is 5. The summed E-state index contributed by atoms with van der Waals surface area (Å²) in [5.41, 5.74) is 4.14. The molecular weight excluding hydrogens is 444 g/mol. The Morgan fingerprint density at radius 1 is 1.21 bits per heavy atom. The summed E-state index contributed by atoms with van der Waals surface area (Å²) in [7, 11) is 0. The maximum Gasteiger partial charge on any atom is 0.423 e. The molecule has 4 rings (SSSR count). The highest BCUT2D eigenvalue weighted by Crippen LogP contribution is 2.40. The molecule has 0 saturated carbocycles. The minimum Gasteiger partial charge on any atom is -0.375 e. The number of halogens is 4. The first kappa shape index (κ1) is 22.4. The van der Waals surface area contributed by atoms with Gasteiger partial charge >= 0.3 is 6.18 Å². The fourth-order valence-corrected chi connectivity index (χ4v) is 3.60. The molecule has 4 aromatic heterocycles. The lowest BCUT2D eigenvalue weighted by Crippen LogP contribution is -2.42. The maximum absolute atomic E-state index is 13.3. The van der Waals surface area contributed by atoms with Gasteiger partial charge in [-0.15, -0.1) is 5.10 Å². The molecule has 0 fully saturated rings. The molecule has 33 heavy (non-hydrogen) atoms. The Morgan fingerprint density at radius 2 is 1.97 bits per heavy atom. The lowest BCUT2D eigenvalue weighted by molar-refractivity contribution is -0.269. The highest BCUT2D eigenvalue weighted by atomic mass is 19.4. The minimum atomic E-state index is -4.90. The number of carbonyl (C=O) groups is 1. The van der Waals surface area contributed by atoms with E-state index < -0.39 is 35.7 Å². The number of alkyl halides is 3. The first-order valence-electron chi connectivity index (χ1n) is 9.79.